The molecular formula is C36H66O10. The van der Waals surface area contributed by atoms with Crippen LogP contribution in [0.2, 0.25) is 0 Å². The minimum absolute atomic E-state index is 0.217. The molecule has 6 unspecified atom stereocenters. The highest BCUT2D eigenvalue weighted by Crippen LogP contribution is 2.22. The predicted octanol–water partition coefficient (Wildman–Crippen LogP) is 6.05. The molecule has 1 fully saturated rings. The molecule has 0 aromatic carbocycles. The molecule has 46 heavy (non-hydrogen) atoms. The third-order valence-electron chi connectivity index (χ3n) is 8.40. The molecule has 10 heteroatoms. The number of ether oxygens (including phenoxy) is 4. The van der Waals surface area contributed by atoms with Crippen molar-refractivity contribution in [2.24, 2.45) is 0 Å². The van der Waals surface area contributed by atoms with Crippen LogP contribution in [0.25, 0.3) is 0 Å². The molecule has 0 spiro atoms. The van der Waals surface area contributed by atoms with Crippen LogP contribution < -0.4 is 0 Å². The Morgan fingerprint density at radius 2 is 1.15 bits per heavy atom. The number of hydrogen-bond acceptors (Lipinski definition) is 10. The van der Waals surface area contributed by atoms with Crippen molar-refractivity contribution in [1.29, 1.82) is 0 Å². The fourth-order valence-corrected chi connectivity index (χ4v) is 5.42. The maximum absolute atomic E-state index is 12.6. The molecule has 10 nitrogen and oxygen atoms in total. The van der Waals surface area contributed by atoms with Gasteiger partial charge in [0.25, 0.3) is 0 Å². The van der Waals surface area contributed by atoms with Crippen molar-refractivity contribution in [3.05, 3.63) is 12.2 Å². The molecule has 1 aliphatic heterocycles. The Morgan fingerprint density at radius 1 is 0.652 bits per heavy atom. The van der Waals surface area contributed by atoms with E-state index in [1.165, 1.54) is 57.8 Å². The molecule has 1 rings (SSSR count). The molecule has 270 valence electrons. The van der Waals surface area contributed by atoms with Crippen molar-refractivity contribution in [3.8, 4) is 0 Å². The molecule has 0 saturated carbocycles. The lowest BCUT2D eigenvalue weighted by molar-refractivity contribution is -0.305. The van der Waals surface area contributed by atoms with E-state index in [1.807, 2.05) is 0 Å². The van der Waals surface area contributed by atoms with Crippen LogP contribution in [0, 0.1) is 0 Å². The number of rotatable bonds is 29. The Kier molecular flexibility index (Phi) is 26.3. The highest BCUT2D eigenvalue weighted by Gasteiger charge is 2.44. The largest absolute Gasteiger partial charge is 0.462 e. The summed E-state index contributed by atoms with van der Waals surface area (Å²) in [6.07, 6.45) is 18.1. The van der Waals surface area contributed by atoms with Crippen molar-refractivity contribution in [2.45, 2.75) is 185 Å². The third-order valence-corrected chi connectivity index (χ3v) is 8.40. The van der Waals surface area contributed by atoms with Gasteiger partial charge in [0.15, 0.2) is 12.4 Å². The van der Waals surface area contributed by atoms with Gasteiger partial charge in [-0.25, -0.2) is 0 Å². The second kappa shape index (κ2) is 28.5. The van der Waals surface area contributed by atoms with Gasteiger partial charge in [0, 0.05) is 12.8 Å². The van der Waals surface area contributed by atoms with Crippen LogP contribution in [0.1, 0.15) is 149 Å². The molecule has 1 saturated heterocycles. The molecule has 0 radical (unpaired) electrons. The van der Waals surface area contributed by atoms with E-state index in [-0.39, 0.29) is 32.0 Å². The lowest BCUT2D eigenvalue weighted by Gasteiger charge is -2.39. The van der Waals surface area contributed by atoms with E-state index >= 15 is 0 Å². The molecule has 0 bridgehead atoms. The monoisotopic (exact) mass is 658 g/mol. The maximum Gasteiger partial charge on any atom is 0.306 e. The van der Waals surface area contributed by atoms with Crippen LogP contribution in [0.4, 0.5) is 0 Å². The molecule has 1 aliphatic rings. The van der Waals surface area contributed by atoms with E-state index in [2.05, 4.69) is 26.0 Å². The summed E-state index contributed by atoms with van der Waals surface area (Å²) in [6.45, 7) is 3.34. The highest BCUT2D eigenvalue weighted by molar-refractivity contribution is 5.70. The van der Waals surface area contributed by atoms with Gasteiger partial charge in [0.05, 0.1) is 13.2 Å². The van der Waals surface area contributed by atoms with Crippen molar-refractivity contribution in [2.75, 3.05) is 19.8 Å². The van der Waals surface area contributed by atoms with E-state index in [0.717, 1.165) is 57.8 Å². The lowest BCUT2D eigenvalue weighted by Crippen LogP contribution is -2.59. The van der Waals surface area contributed by atoms with Gasteiger partial charge in [0.1, 0.15) is 31.0 Å². The van der Waals surface area contributed by atoms with Crippen LogP contribution in [0.3, 0.4) is 0 Å². The highest BCUT2D eigenvalue weighted by atomic mass is 16.7. The minimum atomic E-state index is -1.59. The topological polar surface area (TPSA) is 152 Å². The molecule has 0 aromatic heterocycles. The molecule has 4 N–H and O–H groups in total. The number of carbonyl (C=O) groups excluding carboxylic acids is 2. The fourth-order valence-electron chi connectivity index (χ4n) is 5.42. The molecular weight excluding hydrogens is 592 g/mol. The summed E-state index contributed by atoms with van der Waals surface area (Å²) >= 11 is 0. The number of carbonyl (C=O) groups is 2. The second-order valence-corrected chi connectivity index (χ2v) is 12.7. The number of esters is 2. The first-order valence-electron chi connectivity index (χ1n) is 18.3. The van der Waals surface area contributed by atoms with Gasteiger partial charge in [-0.2, -0.15) is 0 Å². The zero-order chi connectivity index (χ0) is 33.8. The number of hydrogen-bond donors (Lipinski definition) is 4. The quantitative estimate of drug-likeness (QED) is 0.0425. The summed E-state index contributed by atoms with van der Waals surface area (Å²) in [5, 5.41) is 39.8. The van der Waals surface area contributed by atoms with E-state index in [9.17, 15) is 30.0 Å². The molecule has 6 atom stereocenters. The number of aliphatic hydroxyl groups is 4. The Labute approximate surface area is 278 Å². The Morgan fingerprint density at radius 3 is 1.72 bits per heavy atom. The summed E-state index contributed by atoms with van der Waals surface area (Å²) in [7, 11) is 0. The zero-order valence-electron chi connectivity index (χ0n) is 28.8. The molecule has 1 heterocycles. The van der Waals surface area contributed by atoms with Gasteiger partial charge in [-0.3, -0.25) is 9.59 Å². The SMILES string of the molecule is CCCCCC/C=C\CCCCCCCC(=O)OC(COC(=O)CCCCCCCCCC)COC1OC(CO)C(O)C(O)C1O. The van der Waals surface area contributed by atoms with Crippen LogP contribution in [-0.2, 0) is 28.5 Å². The number of aliphatic hydroxyl groups excluding tert-OH is 4. The normalized spacial score (nSPS) is 22.3. The molecule has 0 amide bonds. The lowest BCUT2D eigenvalue weighted by atomic mass is 9.99. The van der Waals surface area contributed by atoms with Crippen LogP contribution in [0.5, 0.6) is 0 Å². The maximum atomic E-state index is 12.6. The van der Waals surface area contributed by atoms with Crippen LogP contribution >= 0.6 is 0 Å². The second-order valence-electron chi connectivity index (χ2n) is 12.7. The number of allylic oxidation sites excluding steroid dienone is 2. The van der Waals surface area contributed by atoms with Crippen LogP contribution in [-0.4, -0.2) is 89.0 Å². The Hall–Kier alpha value is -1.56. The smallest absolute Gasteiger partial charge is 0.306 e. The first-order chi connectivity index (χ1) is 22.3. The average molecular weight is 659 g/mol. The fraction of sp³-hybridized carbons (Fsp3) is 0.889. The minimum Gasteiger partial charge on any atom is -0.462 e. The van der Waals surface area contributed by atoms with E-state index in [0.29, 0.717) is 6.42 Å². The van der Waals surface area contributed by atoms with Gasteiger partial charge >= 0.3 is 11.9 Å². The summed E-state index contributed by atoms with van der Waals surface area (Å²) in [4.78, 5) is 25.0. The standard InChI is InChI=1S/C36H66O10/c1-3-5-7-9-11-13-14-15-16-17-19-21-23-25-32(39)45-29(27-43-31(38)24-22-20-18-12-10-8-6-4-2)28-44-36-35(42)34(41)33(40)30(26-37)46-36/h13-14,29-30,33-37,40-42H,3-12,15-28H2,1-2H3/b14-13-. The average Bonchev–Trinajstić information content (AvgIpc) is 3.05. The summed E-state index contributed by atoms with van der Waals surface area (Å²) in [6, 6.07) is 0. The predicted molar refractivity (Wildman–Crippen MR) is 178 cm³/mol. The van der Waals surface area contributed by atoms with Crippen molar-refractivity contribution < 1.29 is 49.0 Å². The summed E-state index contributed by atoms with van der Waals surface area (Å²) in [5.41, 5.74) is 0. The molecule has 0 aliphatic carbocycles. The van der Waals surface area contributed by atoms with Crippen molar-refractivity contribution >= 4 is 11.9 Å². The van der Waals surface area contributed by atoms with E-state index in [4.69, 9.17) is 18.9 Å². The zero-order valence-corrected chi connectivity index (χ0v) is 28.8. The first-order valence-corrected chi connectivity index (χ1v) is 18.3. The molecule has 0 aromatic rings. The number of unbranched alkanes of at least 4 members (excludes halogenated alkanes) is 16. The third kappa shape index (κ3) is 20.6. The van der Waals surface area contributed by atoms with Gasteiger partial charge in [0.2, 0.25) is 0 Å². The Bertz CT molecular complexity index is 774. The van der Waals surface area contributed by atoms with Gasteiger partial charge in [-0.05, 0) is 38.5 Å². The van der Waals surface area contributed by atoms with Crippen LogP contribution in [0.15, 0.2) is 12.2 Å². The Balaban J connectivity index is 2.43. The van der Waals surface area contributed by atoms with Gasteiger partial charge < -0.3 is 39.4 Å². The summed E-state index contributed by atoms with van der Waals surface area (Å²) < 4.78 is 22.0. The van der Waals surface area contributed by atoms with Crippen molar-refractivity contribution in [3.63, 3.8) is 0 Å². The van der Waals surface area contributed by atoms with E-state index in [1.54, 1.807) is 0 Å². The van der Waals surface area contributed by atoms with Gasteiger partial charge in [-0.15, -0.1) is 0 Å². The van der Waals surface area contributed by atoms with Gasteiger partial charge in [-0.1, -0.05) is 109 Å². The first kappa shape index (κ1) is 42.5. The van der Waals surface area contributed by atoms with Crippen molar-refractivity contribution in [1.82, 2.24) is 0 Å². The van der Waals surface area contributed by atoms with E-state index < -0.39 is 49.4 Å². The summed E-state index contributed by atoms with van der Waals surface area (Å²) in [5.74, 6) is -0.821.